The fraction of sp³-hybridized carbons (Fsp3) is 0.0500. The average Bonchev–Trinajstić information content (AvgIpc) is 2.63. The molecule has 0 heterocycles. The van der Waals surface area contributed by atoms with Gasteiger partial charge in [-0.05, 0) is 42.0 Å². The minimum atomic E-state index is -0.613. The van der Waals surface area contributed by atoms with Crippen LogP contribution in [0.15, 0.2) is 89.4 Å². The summed E-state index contributed by atoms with van der Waals surface area (Å²) in [7, 11) is 0. The summed E-state index contributed by atoms with van der Waals surface area (Å²) in [6.45, 7) is 0. The molecule has 0 bridgehead atoms. The maximum absolute atomic E-state index is 13.1. The molecule has 0 fully saturated rings. The Hall–Kier alpha value is -2.10. The van der Waals surface area contributed by atoms with Crippen molar-refractivity contribution in [3.63, 3.8) is 0 Å². The molecule has 0 aliphatic heterocycles. The largest absolute Gasteiger partial charge is 0.287 e. The summed E-state index contributed by atoms with van der Waals surface area (Å²) in [5, 5.41) is 0. The molecule has 0 spiro atoms. The molecule has 0 saturated carbocycles. The van der Waals surface area contributed by atoms with Crippen molar-refractivity contribution in [3.05, 3.63) is 101 Å². The van der Waals surface area contributed by atoms with Gasteiger partial charge in [0.15, 0.2) is 0 Å². The smallest absolute Gasteiger partial charge is 0.259 e. The van der Waals surface area contributed by atoms with Crippen LogP contribution >= 0.6 is 27.5 Å². The number of benzene rings is 3. The quantitative estimate of drug-likeness (QED) is 0.386. The molecule has 2 nitrogen and oxygen atoms in total. The van der Waals surface area contributed by atoms with E-state index in [4.69, 9.17) is 11.6 Å². The van der Waals surface area contributed by atoms with Crippen molar-refractivity contribution in [2.75, 3.05) is 4.90 Å². The normalized spacial score (nSPS) is 11.8. The molecule has 24 heavy (non-hydrogen) atoms. The van der Waals surface area contributed by atoms with Gasteiger partial charge in [-0.15, -0.1) is 0 Å². The van der Waals surface area contributed by atoms with Crippen LogP contribution in [0, 0.1) is 0 Å². The standard InChI is InChI=1S/C20H15BrClNO/c21-17-11-7-10-16(14-17)19(22)23(18-12-5-2-6-13-18)20(24)15-8-3-1-4-9-15/h1-14,19H. The van der Waals surface area contributed by atoms with Gasteiger partial charge >= 0.3 is 0 Å². The van der Waals surface area contributed by atoms with Gasteiger partial charge in [-0.1, -0.05) is 76.1 Å². The van der Waals surface area contributed by atoms with E-state index in [0.29, 0.717) is 5.56 Å². The van der Waals surface area contributed by atoms with Crippen LogP contribution in [0.2, 0.25) is 0 Å². The maximum atomic E-state index is 13.1. The first kappa shape index (κ1) is 16.7. The van der Waals surface area contributed by atoms with Crippen LogP contribution in [-0.4, -0.2) is 5.91 Å². The summed E-state index contributed by atoms with van der Waals surface area (Å²) in [4.78, 5) is 14.7. The molecule has 120 valence electrons. The van der Waals surface area contributed by atoms with Crippen molar-refractivity contribution >= 4 is 39.1 Å². The van der Waals surface area contributed by atoms with Gasteiger partial charge < -0.3 is 0 Å². The first-order chi connectivity index (χ1) is 11.7. The number of nitrogens with zero attached hydrogens (tertiary/aromatic N) is 1. The van der Waals surface area contributed by atoms with Gasteiger partial charge in [0.05, 0.1) is 0 Å². The second-order valence-electron chi connectivity index (χ2n) is 5.27. The minimum Gasteiger partial charge on any atom is -0.287 e. The van der Waals surface area contributed by atoms with Crippen molar-refractivity contribution in [1.29, 1.82) is 0 Å². The second-order valence-corrected chi connectivity index (χ2v) is 6.60. The van der Waals surface area contributed by atoms with Crippen LogP contribution in [-0.2, 0) is 0 Å². The minimum absolute atomic E-state index is 0.137. The van der Waals surface area contributed by atoms with E-state index < -0.39 is 5.50 Å². The molecule has 3 aromatic carbocycles. The molecule has 0 radical (unpaired) electrons. The lowest BCUT2D eigenvalue weighted by atomic mass is 10.1. The van der Waals surface area contributed by atoms with E-state index in [-0.39, 0.29) is 5.91 Å². The molecule has 1 unspecified atom stereocenters. The van der Waals surface area contributed by atoms with Crippen LogP contribution in [0.5, 0.6) is 0 Å². The first-order valence-electron chi connectivity index (χ1n) is 7.50. The number of alkyl halides is 1. The summed E-state index contributed by atoms with van der Waals surface area (Å²) in [5.41, 5.74) is 1.59. The lowest BCUT2D eigenvalue weighted by Crippen LogP contribution is -2.32. The number of hydrogen-bond donors (Lipinski definition) is 0. The summed E-state index contributed by atoms with van der Waals surface area (Å²) < 4.78 is 0.922. The Bertz CT molecular complexity index is 823. The molecule has 0 aliphatic carbocycles. The second kappa shape index (κ2) is 7.65. The highest BCUT2D eigenvalue weighted by atomic mass is 79.9. The Morgan fingerprint density at radius 2 is 1.50 bits per heavy atom. The van der Waals surface area contributed by atoms with E-state index >= 15 is 0 Å². The molecule has 0 aromatic heterocycles. The van der Waals surface area contributed by atoms with Crippen molar-refractivity contribution in [1.82, 2.24) is 0 Å². The van der Waals surface area contributed by atoms with Gasteiger partial charge in [0.2, 0.25) is 0 Å². The molecule has 0 N–H and O–H groups in total. The molecule has 1 amide bonds. The number of hydrogen-bond acceptors (Lipinski definition) is 1. The Morgan fingerprint density at radius 1 is 0.875 bits per heavy atom. The van der Waals surface area contributed by atoms with E-state index in [0.717, 1.165) is 15.7 Å². The average molecular weight is 401 g/mol. The van der Waals surface area contributed by atoms with E-state index in [9.17, 15) is 4.79 Å². The third-order valence-corrected chi connectivity index (χ3v) is 4.56. The predicted molar refractivity (Wildman–Crippen MR) is 102 cm³/mol. The molecular formula is C20H15BrClNO. The number of rotatable bonds is 4. The first-order valence-corrected chi connectivity index (χ1v) is 8.73. The number of halogens is 2. The van der Waals surface area contributed by atoms with Crippen LogP contribution in [0.4, 0.5) is 5.69 Å². The monoisotopic (exact) mass is 399 g/mol. The summed E-state index contributed by atoms with van der Waals surface area (Å²) in [6.07, 6.45) is 0. The van der Waals surface area contributed by atoms with Gasteiger partial charge in [-0.2, -0.15) is 0 Å². The lowest BCUT2D eigenvalue weighted by molar-refractivity contribution is 0.0983. The number of anilines is 1. The Morgan fingerprint density at radius 3 is 2.12 bits per heavy atom. The van der Waals surface area contributed by atoms with Gasteiger partial charge in [0.1, 0.15) is 5.50 Å². The molecule has 1 atom stereocenters. The molecule has 4 heteroatoms. The predicted octanol–water partition coefficient (Wildman–Crippen LogP) is 6.03. The van der Waals surface area contributed by atoms with Gasteiger partial charge in [-0.25, -0.2) is 0 Å². The summed E-state index contributed by atoms with van der Waals surface area (Å²) >= 11 is 10.2. The highest BCUT2D eigenvalue weighted by molar-refractivity contribution is 9.10. The molecule has 3 rings (SSSR count). The topological polar surface area (TPSA) is 20.3 Å². The number of amides is 1. The SMILES string of the molecule is O=C(c1ccccc1)N(c1ccccc1)C(Cl)c1cccc(Br)c1. The van der Waals surface area contributed by atoms with Crippen LogP contribution in [0.3, 0.4) is 0 Å². The van der Waals surface area contributed by atoms with Gasteiger partial charge in [0.25, 0.3) is 5.91 Å². The number of para-hydroxylation sites is 1. The van der Waals surface area contributed by atoms with Crippen molar-refractivity contribution in [2.45, 2.75) is 5.50 Å². The van der Waals surface area contributed by atoms with Crippen LogP contribution in [0.1, 0.15) is 21.4 Å². The van der Waals surface area contributed by atoms with E-state index in [2.05, 4.69) is 15.9 Å². The maximum Gasteiger partial charge on any atom is 0.259 e. The highest BCUT2D eigenvalue weighted by Crippen LogP contribution is 2.33. The number of carbonyl (C=O) groups excluding carboxylic acids is 1. The third-order valence-electron chi connectivity index (χ3n) is 3.62. The Balaban J connectivity index is 2.04. The molecule has 0 aliphatic rings. The van der Waals surface area contributed by atoms with Crippen molar-refractivity contribution in [2.24, 2.45) is 0 Å². The summed E-state index contributed by atoms with van der Waals surface area (Å²) in [6, 6.07) is 26.3. The van der Waals surface area contributed by atoms with Crippen LogP contribution in [0.25, 0.3) is 0 Å². The zero-order chi connectivity index (χ0) is 16.9. The van der Waals surface area contributed by atoms with Crippen molar-refractivity contribution < 1.29 is 4.79 Å². The molecular weight excluding hydrogens is 386 g/mol. The third kappa shape index (κ3) is 3.69. The fourth-order valence-corrected chi connectivity index (χ4v) is 3.22. The zero-order valence-corrected chi connectivity index (χ0v) is 15.1. The fourth-order valence-electron chi connectivity index (χ4n) is 2.46. The summed E-state index contributed by atoms with van der Waals surface area (Å²) in [5.74, 6) is -0.137. The molecule has 0 saturated heterocycles. The zero-order valence-electron chi connectivity index (χ0n) is 12.8. The van der Waals surface area contributed by atoms with Crippen molar-refractivity contribution in [3.8, 4) is 0 Å². The van der Waals surface area contributed by atoms with E-state index in [1.54, 1.807) is 17.0 Å². The van der Waals surface area contributed by atoms with Gasteiger partial charge in [-0.3, -0.25) is 9.69 Å². The van der Waals surface area contributed by atoms with E-state index in [1.165, 1.54) is 0 Å². The van der Waals surface area contributed by atoms with Gasteiger partial charge in [0, 0.05) is 15.7 Å². The van der Waals surface area contributed by atoms with E-state index in [1.807, 2.05) is 72.8 Å². The lowest BCUT2D eigenvalue weighted by Gasteiger charge is -2.28. The Kier molecular flexibility index (Phi) is 5.34. The van der Waals surface area contributed by atoms with Crippen LogP contribution < -0.4 is 4.90 Å². The number of carbonyl (C=O) groups is 1. The highest BCUT2D eigenvalue weighted by Gasteiger charge is 2.26. The molecule has 3 aromatic rings. The Labute approximate surface area is 154 Å².